The van der Waals surface area contributed by atoms with Crippen molar-refractivity contribution in [1.82, 2.24) is 19.8 Å². The van der Waals surface area contributed by atoms with Gasteiger partial charge >= 0.3 is 45.2 Å². The van der Waals surface area contributed by atoms with Crippen molar-refractivity contribution in [2.45, 2.75) is 49.0 Å². The van der Waals surface area contributed by atoms with Gasteiger partial charge in [-0.3, -0.25) is 19.8 Å². The second kappa shape index (κ2) is 21.2. The Morgan fingerprint density at radius 2 is 1.00 bits per heavy atom. The van der Waals surface area contributed by atoms with Gasteiger partial charge in [-0.05, 0) is 45.3 Å². The van der Waals surface area contributed by atoms with Gasteiger partial charge < -0.3 is 27.2 Å². The third kappa shape index (κ3) is 19.0. The van der Waals surface area contributed by atoms with Crippen LogP contribution in [0.4, 0.5) is 26.3 Å². The molecule has 47 heavy (non-hydrogen) atoms. The summed E-state index contributed by atoms with van der Waals surface area (Å²) in [5.41, 5.74) is -5.50. The molecule has 272 valence electrons. The normalized spacial score (nSPS) is 11.5. The van der Waals surface area contributed by atoms with Gasteiger partial charge in [0.15, 0.2) is 20.2 Å². The maximum Gasteiger partial charge on any atom is 2.00 e. The Kier molecular flexibility index (Phi) is 22.3. The van der Waals surface area contributed by atoms with Crippen LogP contribution >= 0.6 is 0 Å². The van der Waals surface area contributed by atoms with Crippen molar-refractivity contribution in [3.8, 4) is 0 Å². The van der Waals surface area contributed by atoms with Gasteiger partial charge in [0.2, 0.25) is 0 Å². The summed E-state index contributed by atoms with van der Waals surface area (Å²) in [7, 11) is -7.96. The van der Waals surface area contributed by atoms with E-state index in [0.29, 0.717) is 0 Å². The van der Waals surface area contributed by atoms with E-state index >= 15 is 0 Å². The third-order valence-corrected chi connectivity index (χ3v) is 6.81. The summed E-state index contributed by atoms with van der Waals surface area (Å²) in [4.78, 5) is 14.3. The molecule has 2 radical (unpaired) electrons. The number of aryl methyl sites for hydroxylation is 1. The van der Waals surface area contributed by atoms with Gasteiger partial charge in [-0.2, -0.15) is 31.2 Å². The molecule has 3 aromatic rings. The fraction of sp³-hybridized carbons (Fsp3) is 0.360. The van der Waals surface area contributed by atoms with Crippen molar-refractivity contribution in [2.24, 2.45) is 0 Å². The van der Waals surface area contributed by atoms with Crippen LogP contribution in [0.2, 0.25) is 0 Å². The monoisotopic (exact) mass is 834 g/mol. The molecular formula is C25H30Cu2F6N4O7S3+2. The molecule has 0 aliphatic rings. The summed E-state index contributed by atoms with van der Waals surface area (Å²) >= 11 is 5.83. The van der Waals surface area contributed by atoms with Crippen molar-refractivity contribution >= 4 is 32.9 Å². The molecule has 0 aliphatic heterocycles. The molecule has 0 atom stereocenters. The van der Waals surface area contributed by atoms with Crippen molar-refractivity contribution in [3.05, 3.63) is 89.0 Å². The Balaban J connectivity index is -0.000000853. The Morgan fingerprint density at radius 1 is 0.702 bits per heavy atom. The molecule has 0 amide bonds. The molecule has 0 spiro atoms. The SMILES string of the molecule is Cc1cc(CN(C)Cc2ccccn2)c([S-])c(CN(C)Cc2ccccn2)c1.O=S(=O)([O-])C(F)(F)F.O=S(=O)([O-])C(F)(F)F.[Cu+2].[Cu+2].[OH3+]. The first-order valence-corrected chi connectivity index (χ1v) is 15.2. The van der Waals surface area contributed by atoms with Crippen LogP contribution in [0, 0.1) is 6.92 Å². The van der Waals surface area contributed by atoms with E-state index in [-0.39, 0.29) is 39.6 Å². The largest absolute Gasteiger partial charge is 2.00 e. The van der Waals surface area contributed by atoms with E-state index in [9.17, 15) is 26.3 Å². The number of nitrogens with zero attached hydrogens (tertiary/aromatic N) is 4. The van der Waals surface area contributed by atoms with Crippen LogP contribution < -0.4 is 0 Å². The number of hydrogen-bond donors (Lipinski definition) is 0. The van der Waals surface area contributed by atoms with Gasteiger partial charge in [-0.15, -0.1) is 0 Å². The molecule has 1 aromatic carbocycles. The summed E-state index contributed by atoms with van der Waals surface area (Å²) in [5.74, 6) is 0. The number of aromatic nitrogens is 2. The minimum absolute atomic E-state index is 0. The Bertz CT molecular complexity index is 1450. The van der Waals surface area contributed by atoms with Gasteiger partial charge in [-0.25, -0.2) is 16.8 Å². The minimum atomic E-state index is -6.09. The first-order chi connectivity index (χ1) is 20.0. The molecule has 0 fully saturated rings. The number of alkyl halides is 6. The maximum absolute atomic E-state index is 10.7. The van der Waals surface area contributed by atoms with E-state index < -0.39 is 31.3 Å². The van der Waals surface area contributed by atoms with Gasteiger partial charge in [-0.1, -0.05) is 41.0 Å². The molecule has 22 heteroatoms. The van der Waals surface area contributed by atoms with Crippen LogP contribution in [0.25, 0.3) is 0 Å². The molecule has 2 heterocycles. The Hall–Kier alpha value is -1.94. The molecule has 0 saturated carbocycles. The van der Waals surface area contributed by atoms with Gasteiger partial charge in [0, 0.05) is 38.6 Å². The quantitative estimate of drug-likeness (QED) is 0.0813. The number of halogens is 6. The number of hydrogen-bond acceptors (Lipinski definition) is 11. The second-order valence-corrected chi connectivity index (χ2v) is 12.3. The fourth-order valence-corrected chi connectivity index (χ4v) is 3.64. The smallest absolute Gasteiger partial charge is 0.779 e. The van der Waals surface area contributed by atoms with E-state index in [1.54, 1.807) is 0 Å². The predicted molar refractivity (Wildman–Crippen MR) is 152 cm³/mol. The molecule has 3 rings (SSSR count). The summed E-state index contributed by atoms with van der Waals surface area (Å²) in [6.07, 6.45) is 3.67. The summed E-state index contributed by atoms with van der Waals surface area (Å²) in [6.45, 7) is 5.37. The second-order valence-electron chi connectivity index (χ2n) is 9.20. The average Bonchev–Trinajstić information content (AvgIpc) is 2.86. The molecule has 0 aliphatic carbocycles. The molecule has 11 nitrogen and oxygen atoms in total. The minimum Gasteiger partial charge on any atom is -0.779 e. The van der Waals surface area contributed by atoms with Gasteiger partial charge in [0.1, 0.15) is 0 Å². The van der Waals surface area contributed by atoms with E-state index in [4.69, 9.17) is 38.6 Å². The first kappa shape index (κ1) is 49.4. The van der Waals surface area contributed by atoms with E-state index in [1.165, 1.54) is 16.7 Å². The van der Waals surface area contributed by atoms with Crippen LogP contribution in [0.5, 0.6) is 0 Å². The molecule has 2 aromatic heterocycles. The predicted octanol–water partition coefficient (Wildman–Crippen LogP) is 3.13. The van der Waals surface area contributed by atoms with Crippen LogP contribution in [0.1, 0.15) is 28.1 Å². The Labute approximate surface area is 295 Å². The van der Waals surface area contributed by atoms with E-state index in [2.05, 4.69) is 65.1 Å². The molecule has 0 unspecified atom stereocenters. The number of rotatable bonds is 8. The maximum atomic E-state index is 10.7. The number of pyridine rings is 2. The van der Waals surface area contributed by atoms with Crippen molar-refractivity contribution < 1.29 is 91.9 Å². The van der Waals surface area contributed by atoms with Crippen LogP contribution in [-0.4, -0.2) is 70.8 Å². The standard InChI is InChI=1S/C23H28N4S.2CHF3O3S.2Cu.H2O/c1-18-12-19(14-26(2)16-21-8-4-6-10-24-21)23(28)20(13-18)15-27(3)17-22-9-5-7-11-25-22;2*2-1(3,4)8(5,6)7;;;/h4-13,28H,14-17H2,1-3H3;2*(H,5,6,7);;;1H2/q;;;2*+2;/p-2. The summed E-state index contributed by atoms with van der Waals surface area (Å²) < 4.78 is 118. The zero-order valence-corrected chi connectivity index (χ0v) is 28.8. The zero-order chi connectivity index (χ0) is 33.9. The summed E-state index contributed by atoms with van der Waals surface area (Å²) in [5, 5.41) is 0. The Morgan fingerprint density at radius 3 is 1.23 bits per heavy atom. The molecule has 3 N–H and O–H groups in total. The van der Waals surface area contributed by atoms with Crippen LogP contribution in [0.3, 0.4) is 0 Å². The summed E-state index contributed by atoms with van der Waals surface area (Å²) in [6, 6.07) is 16.5. The number of benzene rings is 1. The van der Waals surface area contributed by atoms with E-state index in [1.807, 2.05) is 36.7 Å². The van der Waals surface area contributed by atoms with Crippen LogP contribution in [0.15, 0.2) is 65.8 Å². The van der Waals surface area contributed by atoms with Crippen molar-refractivity contribution in [3.63, 3.8) is 0 Å². The van der Waals surface area contributed by atoms with E-state index in [0.717, 1.165) is 42.5 Å². The zero-order valence-electron chi connectivity index (χ0n) is 24.5. The fourth-order valence-electron chi connectivity index (χ4n) is 3.39. The first-order valence-electron chi connectivity index (χ1n) is 12.0. The van der Waals surface area contributed by atoms with Crippen LogP contribution in [-0.2, 0) is 98.7 Å². The topological polar surface area (TPSA) is 180 Å². The van der Waals surface area contributed by atoms with Gasteiger partial charge in [0.05, 0.1) is 11.4 Å². The average molecular weight is 836 g/mol. The molecule has 0 bridgehead atoms. The van der Waals surface area contributed by atoms with Gasteiger partial charge in [0.25, 0.3) is 0 Å². The third-order valence-electron chi connectivity index (χ3n) is 5.15. The van der Waals surface area contributed by atoms with Crippen molar-refractivity contribution in [1.29, 1.82) is 0 Å². The van der Waals surface area contributed by atoms with Crippen molar-refractivity contribution in [2.75, 3.05) is 14.1 Å². The molecule has 0 saturated heterocycles. The molecular weight excluding hydrogens is 806 g/mol.